The van der Waals surface area contributed by atoms with E-state index < -0.39 is 5.60 Å². The monoisotopic (exact) mass is 216 g/mol. The molecule has 0 aromatic carbocycles. The van der Waals surface area contributed by atoms with Gasteiger partial charge in [0, 0.05) is 20.8 Å². The lowest BCUT2D eigenvalue weighted by molar-refractivity contribution is -0.149. The Morgan fingerprint density at radius 1 is 1.40 bits per heavy atom. The highest BCUT2D eigenvalue weighted by molar-refractivity contribution is 4.94. The Morgan fingerprint density at radius 3 is 2.73 bits per heavy atom. The van der Waals surface area contributed by atoms with Gasteiger partial charge in [-0.3, -0.25) is 0 Å². The zero-order valence-corrected chi connectivity index (χ0v) is 10.2. The molecule has 1 aliphatic carbocycles. The van der Waals surface area contributed by atoms with E-state index in [1.165, 1.54) is 0 Å². The number of methoxy groups -OCH3 is 2. The summed E-state index contributed by atoms with van der Waals surface area (Å²) in [5.74, 6) is 0.239. The first-order valence-corrected chi connectivity index (χ1v) is 5.89. The molecule has 0 aromatic heterocycles. The Hall–Kier alpha value is -0.120. The first-order chi connectivity index (χ1) is 7.15. The molecule has 3 atom stereocenters. The van der Waals surface area contributed by atoms with Crippen LogP contribution in [0.3, 0.4) is 0 Å². The van der Waals surface area contributed by atoms with Gasteiger partial charge in [0.1, 0.15) is 0 Å². The van der Waals surface area contributed by atoms with Crippen molar-refractivity contribution in [2.75, 3.05) is 20.8 Å². The van der Waals surface area contributed by atoms with Gasteiger partial charge < -0.3 is 14.6 Å². The van der Waals surface area contributed by atoms with Crippen molar-refractivity contribution in [3.63, 3.8) is 0 Å². The Labute approximate surface area is 92.8 Å². The summed E-state index contributed by atoms with van der Waals surface area (Å²) in [7, 11) is 3.40. The first-order valence-electron chi connectivity index (χ1n) is 5.89. The Kier molecular flexibility index (Phi) is 5.03. The second-order valence-corrected chi connectivity index (χ2v) is 4.64. The Balaban J connectivity index is 2.59. The minimum Gasteiger partial charge on any atom is -0.387 e. The quantitative estimate of drug-likeness (QED) is 0.763. The normalized spacial score (nSPS) is 34.0. The highest BCUT2D eigenvalue weighted by atomic mass is 16.5. The molecule has 0 spiro atoms. The smallest absolute Gasteiger partial charge is 0.0934 e. The Bertz CT molecular complexity index is 184. The van der Waals surface area contributed by atoms with Crippen LogP contribution in [-0.4, -0.2) is 37.6 Å². The van der Waals surface area contributed by atoms with E-state index in [9.17, 15) is 5.11 Å². The van der Waals surface area contributed by atoms with Gasteiger partial charge in [0.2, 0.25) is 0 Å². The van der Waals surface area contributed by atoms with Crippen LogP contribution in [0, 0.1) is 5.92 Å². The maximum atomic E-state index is 10.6. The van der Waals surface area contributed by atoms with Crippen molar-refractivity contribution in [2.45, 2.75) is 50.7 Å². The lowest BCUT2D eigenvalue weighted by Crippen LogP contribution is -2.51. The second-order valence-electron chi connectivity index (χ2n) is 4.64. The third-order valence-corrected chi connectivity index (χ3v) is 3.74. The summed E-state index contributed by atoms with van der Waals surface area (Å²) in [5.41, 5.74) is -0.647. The summed E-state index contributed by atoms with van der Waals surface area (Å²) in [6, 6.07) is 0. The SMILES string of the molecule is COCCC(C)C1(O)CCCCC1OC. The molecule has 3 heteroatoms. The zero-order valence-electron chi connectivity index (χ0n) is 10.2. The molecular weight excluding hydrogens is 192 g/mol. The third kappa shape index (κ3) is 2.92. The molecule has 0 amide bonds. The van der Waals surface area contributed by atoms with E-state index in [1.807, 2.05) is 0 Å². The van der Waals surface area contributed by atoms with Crippen molar-refractivity contribution in [3.8, 4) is 0 Å². The predicted molar refractivity (Wildman–Crippen MR) is 59.9 cm³/mol. The van der Waals surface area contributed by atoms with Crippen molar-refractivity contribution in [2.24, 2.45) is 5.92 Å². The van der Waals surface area contributed by atoms with Crippen molar-refractivity contribution < 1.29 is 14.6 Å². The minimum absolute atomic E-state index is 0.00175. The summed E-state index contributed by atoms with van der Waals surface area (Å²) in [6.07, 6.45) is 5.00. The summed E-state index contributed by atoms with van der Waals surface area (Å²) >= 11 is 0. The largest absolute Gasteiger partial charge is 0.387 e. The molecule has 0 aliphatic heterocycles. The lowest BCUT2D eigenvalue weighted by atomic mass is 9.73. The maximum absolute atomic E-state index is 10.6. The van der Waals surface area contributed by atoms with E-state index in [0.717, 1.165) is 32.1 Å². The van der Waals surface area contributed by atoms with Crippen LogP contribution in [0.2, 0.25) is 0 Å². The van der Waals surface area contributed by atoms with Crippen molar-refractivity contribution >= 4 is 0 Å². The fraction of sp³-hybridized carbons (Fsp3) is 1.00. The number of rotatable bonds is 5. The van der Waals surface area contributed by atoms with Gasteiger partial charge in [-0.15, -0.1) is 0 Å². The van der Waals surface area contributed by atoms with Gasteiger partial charge in [-0.05, 0) is 25.2 Å². The number of hydrogen-bond acceptors (Lipinski definition) is 3. The molecule has 0 aromatic rings. The van der Waals surface area contributed by atoms with E-state index in [4.69, 9.17) is 9.47 Å². The molecule has 0 saturated heterocycles. The highest BCUT2D eigenvalue weighted by Crippen LogP contribution is 2.37. The second kappa shape index (κ2) is 5.83. The molecule has 3 nitrogen and oxygen atoms in total. The molecule has 3 unspecified atom stereocenters. The van der Waals surface area contributed by atoms with Crippen molar-refractivity contribution in [1.29, 1.82) is 0 Å². The fourth-order valence-corrected chi connectivity index (χ4v) is 2.58. The standard InChI is InChI=1S/C12H24O3/c1-10(7-9-14-2)12(13)8-5-4-6-11(12)15-3/h10-11,13H,4-9H2,1-3H3. The zero-order chi connectivity index (χ0) is 11.3. The third-order valence-electron chi connectivity index (χ3n) is 3.74. The average molecular weight is 216 g/mol. The molecule has 90 valence electrons. The summed E-state index contributed by atoms with van der Waals surface area (Å²) in [6.45, 7) is 2.80. The van der Waals surface area contributed by atoms with Crippen LogP contribution >= 0.6 is 0 Å². The van der Waals surface area contributed by atoms with Gasteiger partial charge in [0.15, 0.2) is 0 Å². The fourth-order valence-electron chi connectivity index (χ4n) is 2.58. The van der Waals surface area contributed by atoms with Crippen LogP contribution in [0.15, 0.2) is 0 Å². The summed E-state index contributed by atoms with van der Waals surface area (Å²) < 4.78 is 10.5. The average Bonchev–Trinajstić information content (AvgIpc) is 2.26. The molecule has 1 rings (SSSR count). The molecule has 0 bridgehead atoms. The maximum Gasteiger partial charge on any atom is 0.0934 e. The van der Waals surface area contributed by atoms with Crippen LogP contribution in [0.25, 0.3) is 0 Å². The summed E-state index contributed by atoms with van der Waals surface area (Å²) in [4.78, 5) is 0. The Morgan fingerprint density at radius 2 is 2.13 bits per heavy atom. The first kappa shape index (κ1) is 12.9. The number of ether oxygens (including phenoxy) is 2. The molecular formula is C12H24O3. The summed E-state index contributed by atoms with van der Waals surface area (Å²) in [5, 5.41) is 10.6. The van der Waals surface area contributed by atoms with Crippen LogP contribution < -0.4 is 0 Å². The van der Waals surface area contributed by atoms with Crippen LogP contribution in [0.1, 0.15) is 39.0 Å². The van der Waals surface area contributed by atoms with Gasteiger partial charge >= 0.3 is 0 Å². The van der Waals surface area contributed by atoms with E-state index in [-0.39, 0.29) is 12.0 Å². The van der Waals surface area contributed by atoms with E-state index in [2.05, 4.69) is 6.92 Å². The molecule has 1 N–H and O–H groups in total. The molecule has 1 saturated carbocycles. The topological polar surface area (TPSA) is 38.7 Å². The van der Waals surface area contributed by atoms with Gasteiger partial charge in [-0.1, -0.05) is 19.8 Å². The van der Waals surface area contributed by atoms with Crippen LogP contribution in [0.4, 0.5) is 0 Å². The molecule has 0 radical (unpaired) electrons. The number of hydrogen-bond donors (Lipinski definition) is 1. The van der Waals surface area contributed by atoms with E-state index in [1.54, 1.807) is 14.2 Å². The van der Waals surface area contributed by atoms with Crippen LogP contribution in [0.5, 0.6) is 0 Å². The van der Waals surface area contributed by atoms with Gasteiger partial charge in [-0.25, -0.2) is 0 Å². The lowest BCUT2D eigenvalue weighted by Gasteiger charge is -2.43. The van der Waals surface area contributed by atoms with Gasteiger partial charge in [0.05, 0.1) is 11.7 Å². The molecule has 0 heterocycles. The minimum atomic E-state index is -0.647. The highest BCUT2D eigenvalue weighted by Gasteiger charge is 2.43. The van der Waals surface area contributed by atoms with Crippen molar-refractivity contribution in [3.05, 3.63) is 0 Å². The van der Waals surface area contributed by atoms with Gasteiger partial charge in [-0.2, -0.15) is 0 Å². The van der Waals surface area contributed by atoms with Crippen LogP contribution in [-0.2, 0) is 9.47 Å². The van der Waals surface area contributed by atoms with Crippen molar-refractivity contribution in [1.82, 2.24) is 0 Å². The van der Waals surface area contributed by atoms with E-state index >= 15 is 0 Å². The number of aliphatic hydroxyl groups is 1. The molecule has 1 fully saturated rings. The molecule has 1 aliphatic rings. The molecule has 15 heavy (non-hydrogen) atoms. The van der Waals surface area contributed by atoms with E-state index in [0.29, 0.717) is 6.61 Å². The predicted octanol–water partition coefficient (Wildman–Crippen LogP) is 1.98. The van der Waals surface area contributed by atoms with Gasteiger partial charge in [0.25, 0.3) is 0 Å².